The van der Waals surface area contributed by atoms with Crippen LogP contribution in [0.25, 0.3) is 0 Å². The molecule has 0 atom stereocenters. The molecular weight excluding hydrogens is 395 g/mol. The predicted molar refractivity (Wildman–Crippen MR) is 14.4 cm³/mol. The average Bonchev–Trinajstić information content (AvgIpc) is 0.722. The van der Waals surface area contributed by atoms with E-state index in [2.05, 4.69) is 0 Å². The van der Waals surface area contributed by atoms with Crippen molar-refractivity contribution in [2.75, 3.05) is 0 Å². The molecule has 0 aliphatic heterocycles. The summed E-state index contributed by atoms with van der Waals surface area (Å²) in [6.07, 6.45) is 0. The van der Waals surface area contributed by atoms with Gasteiger partial charge in [-0.2, -0.15) is 0 Å². The van der Waals surface area contributed by atoms with Gasteiger partial charge in [0.05, 0.1) is 0 Å². The molecule has 0 heterocycles. The van der Waals surface area contributed by atoms with Gasteiger partial charge in [-0.15, -0.1) is 0 Å². The molecule has 0 saturated heterocycles. The molecule has 0 aromatic rings. The van der Waals surface area contributed by atoms with E-state index in [1.807, 2.05) is 0 Å². The molecule has 1 radical (unpaired) electrons. The fraction of sp³-hybridized carbons (Fsp3) is 0. The second-order valence-corrected chi connectivity index (χ2v) is 1.71. The summed E-state index contributed by atoms with van der Waals surface area (Å²) in [7, 11) is 0. The van der Waals surface area contributed by atoms with Crippen LogP contribution in [0.1, 0.15) is 0 Å². The summed E-state index contributed by atoms with van der Waals surface area (Å²) in [4.78, 5) is 0. The monoisotopic (exact) mass is 400 g/mol. The SMILES string of the molecule is [BaH2].[La].[O]=[Mn](=[O])([OH])[OH]. The standard InChI is InChI=1S/Ba.La.Mn.2H2O.2O.2H/h;;;2*1H2;;;;/q;;+2;;;;;;/p-2. The summed E-state index contributed by atoms with van der Waals surface area (Å²) in [5, 5.41) is 0. The van der Waals surface area contributed by atoms with Crippen LogP contribution in [-0.4, -0.2) is 57.3 Å². The van der Waals surface area contributed by atoms with Gasteiger partial charge in [0.15, 0.2) is 0 Å². The third kappa shape index (κ3) is 51.8. The van der Waals surface area contributed by atoms with Gasteiger partial charge in [0.25, 0.3) is 0 Å². The quantitative estimate of drug-likeness (QED) is 0.451. The molecule has 0 fully saturated rings. The summed E-state index contributed by atoms with van der Waals surface area (Å²) < 4.78 is 31.8. The average molecular weight is 399 g/mol. The van der Waals surface area contributed by atoms with Crippen molar-refractivity contribution in [1.29, 1.82) is 0 Å². The van der Waals surface area contributed by atoms with Crippen molar-refractivity contribution in [2.45, 2.75) is 0 Å². The fourth-order valence-electron chi connectivity index (χ4n) is 0. The van der Waals surface area contributed by atoms with Gasteiger partial charge in [0.1, 0.15) is 0 Å². The van der Waals surface area contributed by atoms with Crippen molar-refractivity contribution in [3.63, 3.8) is 0 Å². The molecule has 0 aliphatic rings. The number of hydrogen-bond donors (Lipinski definition) is 2. The van der Waals surface area contributed by atoms with Crippen molar-refractivity contribution >= 4 is 48.9 Å². The van der Waals surface area contributed by atoms with Crippen LogP contribution in [0.15, 0.2) is 0 Å². The second-order valence-electron chi connectivity index (χ2n) is 0.415. The molecule has 4 nitrogen and oxygen atoms in total. The topological polar surface area (TPSA) is 74.6 Å². The Morgan fingerprint density at radius 3 is 1.14 bits per heavy atom. The number of rotatable bonds is 0. The van der Waals surface area contributed by atoms with Crippen molar-refractivity contribution in [2.24, 2.45) is 0 Å². The minimum absolute atomic E-state index is 0. The van der Waals surface area contributed by atoms with Crippen LogP contribution in [0.5, 0.6) is 0 Å². The zero-order valence-electron chi connectivity index (χ0n) is 2.67. The van der Waals surface area contributed by atoms with Gasteiger partial charge in [-0.05, 0) is 0 Å². The van der Waals surface area contributed by atoms with Gasteiger partial charge in [0, 0.05) is 35.6 Å². The Bertz CT molecular complexity index is 94.9. The normalized spacial score (nSPS) is 8.29. The van der Waals surface area contributed by atoms with Gasteiger partial charge in [-0.1, -0.05) is 0 Å². The fourth-order valence-corrected chi connectivity index (χ4v) is 0. The van der Waals surface area contributed by atoms with Crippen molar-refractivity contribution in [3.05, 3.63) is 0 Å². The molecule has 7 heteroatoms. The molecule has 0 saturated carbocycles. The predicted octanol–water partition coefficient (Wildman–Crippen LogP) is -2.27. The van der Waals surface area contributed by atoms with E-state index in [0.717, 1.165) is 0 Å². The first-order chi connectivity index (χ1) is 2.00. The van der Waals surface area contributed by atoms with Crippen LogP contribution >= 0.6 is 0 Å². The Kier molecular flexibility index (Phi) is 16.2. The molecule has 0 spiro atoms. The van der Waals surface area contributed by atoms with E-state index in [4.69, 9.17) is 16.0 Å². The zero-order chi connectivity index (χ0) is 4.50. The van der Waals surface area contributed by atoms with Gasteiger partial charge >= 0.3 is 78.3 Å². The molecule has 0 unspecified atom stereocenters. The second kappa shape index (κ2) is 6.92. The molecule has 0 rings (SSSR count). The molecule has 0 amide bonds. The summed E-state index contributed by atoms with van der Waals surface area (Å²) in [5.74, 6) is 0. The van der Waals surface area contributed by atoms with Crippen LogP contribution < -0.4 is 0 Å². The van der Waals surface area contributed by atoms with Gasteiger partial charge in [-0.3, -0.25) is 0 Å². The van der Waals surface area contributed by atoms with Crippen LogP contribution in [0.2, 0.25) is 0 Å². The van der Waals surface area contributed by atoms with E-state index < -0.39 is 13.4 Å². The van der Waals surface area contributed by atoms with Gasteiger partial charge < -0.3 is 0 Å². The Labute approximate surface area is 111 Å². The molecule has 0 bridgehead atoms. The molecule has 0 aliphatic carbocycles. The van der Waals surface area contributed by atoms with Crippen LogP contribution in [0.4, 0.5) is 0 Å². The van der Waals surface area contributed by atoms with E-state index >= 15 is 0 Å². The molecule has 2 N–H and O–H groups in total. The Morgan fingerprint density at radius 2 is 1.14 bits per heavy atom. The van der Waals surface area contributed by atoms with E-state index in [1.54, 1.807) is 0 Å². The van der Waals surface area contributed by atoms with Crippen LogP contribution in [0.3, 0.4) is 0 Å². The van der Waals surface area contributed by atoms with E-state index in [9.17, 15) is 0 Å². The number of hydrogen-bond acceptors (Lipinski definition) is 2. The van der Waals surface area contributed by atoms with Gasteiger partial charge in [0.2, 0.25) is 0 Å². The zero-order valence-corrected chi connectivity index (χ0v) is 7.47. The third-order valence-corrected chi connectivity index (χ3v) is 0. The molecule has 0 aromatic heterocycles. The maximum atomic E-state index is 8.80. The summed E-state index contributed by atoms with van der Waals surface area (Å²) in [6, 6.07) is 0. The Balaban J connectivity index is -0.0000000800. The maximum absolute atomic E-state index is 8.80. The van der Waals surface area contributed by atoms with Crippen molar-refractivity contribution in [3.8, 4) is 0 Å². The summed E-state index contributed by atoms with van der Waals surface area (Å²) in [5.41, 5.74) is 0. The van der Waals surface area contributed by atoms with E-state index in [-0.39, 0.29) is 84.5 Å². The van der Waals surface area contributed by atoms with Gasteiger partial charge in [-0.25, -0.2) is 0 Å². The molecular formula is H4BaLaMnO4. The molecule has 0 aromatic carbocycles. The molecule has 40 valence electrons. The first-order valence-corrected chi connectivity index (χ1v) is 2.67. The van der Waals surface area contributed by atoms with Crippen molar-refractivity contribution in [1.82, 2.24) is 0 Å². The Hall–Kier alpha value is 2.81. The van der Waals surface area contributed by atoms with E-state index in [1.165, 1.54) is 0 Å². The minimum atomic E-state index is -5.12. The summed E-state index contributed by atoms with van der Waals surface area (Å²) >= 11 is -5.12. The Morgan fingerprint density at radius 1 is 1.14 bits per heavy atom. The van der Waals surface area contributed by atoms with Crippen LogP contribution in [0, 0.1) is 35.6 Å². The first kappa shape index (κ1) is 16.4. The van der Waals surface area contributed by atoms with E-state index in [0.29, 0.717) is 0 Å². The first-order valence-electron chi connectivity index (χ1n) is 0.647. The van der Waals surface area contributed by atoms with Crippen LogP contribution in [-0.2, 0) is 21.0 Å². The van der Waals surface area contributed by atoms with Crippen molar-refractivity contribution < 1.29 is 65.0 Å². The molecule has 7 heavy (non-hydrogen) atoms. The summed E-state index contributed by atoms with van der Waals surface area (Å²) in [6.45, 7) is 0. The third-order valence-electron chi connectivity index (χ3n) is 0.